The quantitative estimate of drug-likeness (QED) is 0.695. The first-order chi connectivity index (χ1) is 13.1. The van der Waals surface area contributed by atoms with Gasteiger partial charge in [0.15, 0.2) is 0 Å². The summed E-state index contributed by atoms with van der Waals surface area (Å²) in [5.74, 6) is 0.170. The molecule has 0 aromatic heterocycles. The van der Waals surface area contributed by atoms with Crippen molar-refractivity contribution in [3.05, 3.63) is 29.8 Å². The van der Waals surface area contributed by atoms with E-state index in [2.05, 4.69) is 10.6 Å². The molecule has 1 saturated carbocycles. The molecule has 0 unspecified atom stereocenters. The summed E-state index contributed by atoms with van der Waals surface area (Å²) in [4.78, 5) is 26.5. The highest BCUT2D eigenvalue weighted by atomic mass is 16.2. The zero-order valence-electron chi connectivity index (χ0n) is 16.1. The summed E-state index contributed by atoms with van der Waals surface area (Å²) in [6.07, 6.45) is 8.67. The van der Waals surface area contributed by atoms with E-state index in [-0.39, 0.29) is 18.0 Å². The van der Waals surface area contributed by atoms with Gasteiger partial charge in [-0.15, -0.1) is 0 Å². The molecular weight excluding hydrogens is 340 g/mol. The van der Waals surface area contributed by atoms with Crippen LogP contribution in [0.25, 0.3) is 0 Å². The van der Waals surface area contributed by atoms with Crippen LogP contribution in [0.1, 0.15) is 56.9 Å². The van der Waals surface area contributed by atoms with Crippen LogP contribution in [0.15, 0.2) is 24.3 Å². The van der Waals surface area contributed by atoms with Crippen LogP contribution in [0.4, 0.5) is 10.5 Å². The van der Waals surface area contributed by atoms with Gasteiger partial charge in [-0.3, -0.25) is 4.79 Å². The Morgan fingerprint density at radius 2 is 1.59 bits per heavy atom. The Bertz CT molecular complexity index is 635. The molecule has 4 N–H and O–H groups in total. The molecule has 1 heterocycles. The number of anilines is 1. The summed E-state index contributed by atoms with van der Waals surface area (Å²) < 4.78 is 0. The molecule has 6 nitrogen and oxygen atoms in total. The number of likely N-dealkylation sites (tertiary alicyclic amines) is 1. The minimum atomic E-state index is -0.0498. The van der Waals surface area contributed by atoms with Crippen LogP contribution in [-0.4, -0.2) is 42.0 Å². The SMILES string of the molecule is Nc1ccccc1CCC(=O)N1CCC(NC(=O)NC2CCCCC2)CC1. The highest BCUT2D eigenvalue weighted by Gasteiger charge is 2.24. The molecule has 3 rings (SSSR count). The largest absolute Gasteiger partial charge is 0.399 e. The molecule has 0 radical (unpaired) electrons. The third kappa shape index (κ3) is 5.88. The predicted octanol–water partition coefficient (Wildman–Crippen LogP) is 2.82. The van der Waals surface area contributed by atoms with Crippen molar-refractivity contribution >= 4 is 17.6 Å². The monoisotopic (exact) mass is 372 g/mol. The third-order valence-electron chi connectivity index (χ3n) is 5.79. The summed E-state index contributed by atoms with van der Waals surface area (Å²) in [7, 11) is 0. The molecule has 3 amide bonds. The molecule has 2 fully saturated rings. The van der Waals surface area contributed by atoms with Gasteiger partial charge in [0.1, 0.15) is 0 Å². The van der Waals surface area contributed by atoms with Gasteiger partial charge >= 0.3 is 6.03 Å². The standard InChI is InChI=1S/C21H32N4O2/c22-19-9-5-4-6-16(19)10-11-20(26)25-14-12-18(13-15-25)24-21(27)23-17-7-2-1-3-8-17/h4-6,9,17-18H,1-3,7-8,10-15,22H2,(H2,23,24,27). The topological polar surface area (TPSA) is 87.5 Å². The van der Waals surface area contributed by atoms with Gasteiger partial charge in [0.05, 0.1) is 0 Å². The van der Waals surface area contributed by atoms with Crippen LogP contribution in [-0.2, 0) is 11.2 Å². The van der Waals surface area contributed by atoms with Crippen molar-refractivity contribution in [2.75, 3.05) is 18.8 Å². The predicted molar refractivity (Wildman–Crippen MR) is 107 cm³/mol. The Labute approximate surface area is 161 Å². The maximum Gasteiger partial charge on any atom is 0.315 e. The molecule has 1 aliphatic carbocycles. The Kier molecular flexibility index (Phi) is 6.96. The second kappa shape index (κ2) is 9.62. The number of benzene rings is 1. The summed E-state index contributed by atoms with van der Waals surface area (Å²) in [6, 6.07) is 8.13. The molecule has 1 saturated heterocycles. The average molecular weight is 373 g/mol. The maximum absolute atomic E-state index is 12.5. The van der Waals surface area contributed by atoms with Crippen LogP contribution in [0, 0.1) is 0 Å². The molecular formula is C21H32N4O2. The Balaban J connectivity index is 1.36. The highest BCUT2D eigenvalue weighted by molar-refractivity contribution is 5.77. The van der Waals surface area contributed by atoms with E-state index in [1.807, 2.05) is 29.2 Å². The number of carbonyl (C=O) groups excluding carboxylic acids is 2. The number of hydrogen-bond donors (Lipinski definition) is 3. The number of nitrogens with one attached hydrogen (secondary N) is 2. The van der Waals surface area contributed by atoms with Crippen molar-refractivity contribution in [1.29, 1.82) is 0 Å². The van der Waals surface area contributed by atoms with Crippen molar-refractivity contribution in [3.63, 3.8) is 0 Å². The second-order valence-electron chi connectivity index (χ2n) is 7.81. The van der Waals surface area contributed by atoms with Crippen LogP contribution in [0.3, 0.4) is 0 Å². The van der Waals surface area contributed by atoms with Crippen molar-refractivity contribution in [2.45, 2.75) is 69.9 Å². The smallest absolute Gasteiger partial charge is 0.315 e. The first-order valence-electron chi connectivity index (χ1n) is 10.3. The Hall–Kier alpha value is -2.24. The lowest BCUT2D eigenvalue weighted by Gasteiger charge is -2.33. The fourth-order valence-corrected chi connectivity index (χ4v) is 4.09. The van der Waals surface area contributed by atoms with E-state index in [1.165, 1.54) is 19.3 Å². The number of nitrogen functional groups attached to an aromatic ring is 1. The highest BCUT2D eigenvalue weighted by Crippen LogP contribution is 2.18. The first-order valence-corrected chi connectivity index (χ1v) is 10.3. The van der Waals surface area contributed by atoms with E-state index < -0.39 is 0 Å². The zero-order valence-corrected chi connectivity index (χ0v) is 16.1. The number of aryl methyl sites for hydroxylation is 1. The van der Waals surface area contributed by atoms with E-state index in [0.29, 0.717) is 32.0 Å². The van der Waals surface area contributed by atoms with Gasteiger partial charge < -0.3 is 21.3 Å². The van der Waals surface area contributed by atoms with Gasteiger partial charge in [-0.1, -0.05) is 37.5 Å². The van der Waals surface area contributed by atoms with Gasteiger partial charge in [0.25, 0.3) is 0 Å². The molecule has 27 heavy (non-hydrogen) atoms. The number of carbonyl (C=O) groups is 2. The second-order valence-corrected chi connectivity index (χ2v) is 7.81. The minimum Gasteiger partial charge on any atom is -0.399 e. The number of para-hydroxylation sites is 1. The lowest BCUT2D eigenvalue weighted by atomic mass is 9.96. The van der Waals surface area contributed by atoms with E-state index in [0.717, 1.165) is 36.9 Å². The van der Waals surface area contributed by atoms with Crippen molar-refractivity contribution in [1.82, 2.24) is 15.5 Å². The van der Waals surface area contributed by atoms with E-state index in [4.69, 9.17) is 5.73 Å². The Morgan fingerprint density at radius 1 is 0.963 bits per heavy atom. The molecule has 1 aromatic rings. The van der Waals surface area contributed by atoms with Crippen LogP contribution in [0.5, 0.6) is 0 Å². The van der Waals surface area contributed by atoms with Crippen LogP contribution < -0.4 is 16.4 Å². The van der Waals surface area contributed by atoms with Gasteiger partial charge in [0.2, 0.25) is 5.91 Å². The van der Waals surface area contributed by atoms with Gasteiger partial charge in [-0.25, -0.2) is 4.79 Å². The number of rotatable bonds is 5. The third-order valence-corrected chi connectivity index (χ3v) is 5.79. The summed E-state index contributed by atoms with van der Waals surface area (Å²) >= 11 is 0. The van der Waals surface area contributed by atoms with E-state index in [9.17, 15) is 9.59 Å². The van der Waals surface area contributed by atoms with Gasteiger partial charge in [0, 0.05) is 37.3 Å². The fraction of sp³-hybridized carbons (Fsp3) is 0.619. The Morgan fingerprint density at radius 3 is 2.26 bits per heavy atom. The number of urea groups is 1. The minimum absolute atomic E-state index is 0.0498. The van der Waals surface area contributed by atoms with Crippen LogP contribution >= 0.6 is 0 Å². The van der Waals surface area contributed by atoms with Crippen molar-refractivity contribution < 1.29 is 9.59 Å². The lowest BCUT2D eigenvalue weighted by Crippen LogP contribution is -2.51. The molecule has 6 heteroatoms. The number of hydrogen-bond acceptors (Lipinski definition) is 3. The molecule has 1 aliphatic heterocycles. The number of piperidine rings is 1. The maximum atomic E-state index is 12.5. The first kappa shape index (κ1) is 19.5. The van der Waals surface area contributed by atoms with Crippen molar-refractivity contribution in [2.24, 2.45) is 0 Å². The van der Waals surface area contributed by atoms with Gasteiger partial charge in [-0.05, 0) is 43.7 Å². The van der Waals surface area contributed by atoms with Gasteiger partial charge in [-0.2, -0.15) is 0 Å². The number of nitrogens with zero attached hydrogens (tertiary/aromatic N) is 1. The molecule has 0 spiro atoms. The number of amides is 3. The molecule has 0 bridgehead atoms. The van der Waals surface area contributed by atoms with E-state index >= 15 is 0 Å². The van der Waals surface area contributed by atoms with Crippen molar-refractivity contribution in [3.8, 4) is 0 Å². The molecule has 0 atom stereocenters. The fourth-order valence-electron chi connectivity index (χ4n) is 4.09. The molecule has 1 aromatic carbocycles. The summed E-state index contributed by atoms with van der Waals surface area (Å²) in [5.41, 5.74) is 7.72. The zero-order chi connectivity index (χ0) is 19.1. The number of nitrogens with two attached hydrogens (primary N) is 1. The normalized spacial score (nSPS) is 18.9. The van der Waals surface area contributed by atoms with Crippen LogP contribution in [0.2, 0.25) is 0 Å². The summed E-state index contributed by atoms with van der Waals surface area (Å²) in [6.45, 7) is 1.41. The summed E-state index contributed by atoms with van der Waals surface area (Å²) in [5, 5.41) is 6.19. The molecule has 2 aliphatic rings. The lowest BCUT2D eigenvalue weighted by molar-refractivity contribution is -0.132. The average Bonchev–Trinajstić information content (AvgIpc) is 2.68. The molecule has 148 valence electrons. The van der Waals surface area contributed by atoms with E-state index in [1.54, 1.807) is 0 Å².